The average molecular weight is 210 g/mol. The van der Waals surface area contributed by atoms with Crippen LogP contribution in [-0.2, 0) is 0 Å². The van der Waals surface area contributed by atoms with E-state index >= 15 is 0 Å². The molecule has 0 spiro atoms. The molecule has 0 radical (unpaired) electrons. The SMILES string of the molecule is Cc1ccn2c(-c3ccccn3)nnc2c1. The van der Waals surface area contributed by atoms with Gasteiger partial charge in [0.05, 0.1) is 0 Å². The minimum Gasteiger partial charge on any atom is -0.281 e. The second-order valence-corrected chi connectivity index (χ2v) is 3.67. The number of aryl methyl sites for hydroxylation is 1. The summed E-state index contributed by atoms with van der Waals surface area (Å²) in [5, 5.41) is 8.29. The Bertz CT molecular complexity index is 628. The quantitative estimate of drug-likeness (QED) is 0.617. The molecular weight excluding hydrogens is 200 g/mol. The van der Waals surface area contributed by atoms with Gasteiger partial charge >= 0.3 is 0 Å². The summed E-state index contributed by atoms with van der Waals surface area (Å²) in [6.07, 6.45) is 3.72. The molecule has 0 aromatic carbocycles. The Labute approximate surface area is 92.6 Å². The predicted molar refractivity (Wildman–Crippen MR) is 61.0 cm³/mol. The van der Waals surface area contributed by atoms with Gasteiger partial charge in [0.15, 0.2) is 11.5 Å². The third kappa shape index (κ3) is 1.35. The van der Waals surface area contributed by atoms with Crippen molar-refractivity contribution in [3.05, 3.63) is 48.3 Å². The van der Waals surface area contributed by atoms with E-state index in [9.17, 15) is 0 Å². The molecule has 16 heavy (non-hydrogen) atoms. The molecule has 0 fully saturated rings. The van der Waals surface area contributed by atoms with Crippen molar-refractivity contribution in [1.82, 2.24) is 19.6 Å². The van der Waals surface area contributed by atoms with E-state index < -0.39 is 0 Å². The van der Waals surface area contributed by atoms with Crippen LogP contribution in [0.1, 0.15) is 5.56 Å². The summed E-state index contributed by atoms with van der Waals surface area (Å²) in [4.78, 5) is 4.27. The third-order valence-corrected chi connectivity index (χ3v) is 2.46. The molecule has 0 saturated carbocycles. The number of nitrogens with zero attached hydrogens (tertiary/aromatic N) is 4. The smallest absolute Gasteiger partial charge is 0.186 e. The van der Waals surface area contributed by atoms with Crippen LogP contribution in [0.15, 0.2) is 42.7 Å². The normalized spacial score (nSPS) is 10.8. The first-order chi connectivity index (χ1) is 7.84. The van der Waals surface area contributed by atoms with E-state index in [0.717, 1.165) is 17.2 Å². The Morgan fingerprint density at radius 1 is 1.12 bits per heavy atom. The van der Waals surface area contributed by atoms with Crippen molar-refractivity contribution < 1.29 is 0 Å². The lowest BCUT2D eigenvalue weighted by atomic mass is 10.3. The third-order valence-electron chi connectivity index (χ3n) is 2.46. The van der Waals surface area contributed by atoms with Crippen LogP contribution >= 0.6 is 0 Å². The Balaban J connectivity index is 2.26. The Kier molecular flexibility index (Phi) is 1.93. The van der Waals surface area contributed by atoms with Crippen LogP contribution in [0.3, 0.4) is 0 Å². The highest BCUT2D eigenvalue weighted by molar-refractivity contribution is 5.55. The maximum atomic E-state index is 4.27. The summed E-state index contributed by atoms with van der Waals surface area (Å²) in [6, 6.07) is 9.78. The largest absolute Gasteiger partial charge is 0.281 e. The van der Waals surface area contributed by atoms with Gasteiger partial charge in [0.1, 0.15) is 5.69 Å². The van der Waals surface area contributed by atoms with E-state index in [-0.39, 0.29) is 0 Å². The number of rotatable bonds is 1. The summed E-state index contributed by atoms with van der Waals surface area (Å²) >= 11 is 0. The van der Waals surface area contributed by atoms with Gasteiger partial charge in [0.2, 0.25) is 0 Å². The monoisotopic (exact) mass is 210 g/mol. The first-order valence-corrected chi connectivity index (χ1v) is 5.07. The molecule has 0 unspecified atom stereocenters. The fraction of sp³-hybridized carbons (Fsp3) is 0.0833. The minimum absolute atomic E-state index is 0.774. The fourth-order valence-electron chi connectivity index (χ4n) is 1.66. The van der Waals surface area contributed by atoms with E-state index in [1.54, 1.807) is 6.20 Å². The van der Waals surface area contributed by atoms with Crippen molar-refractivity contribution in [3.63, 3.8) is 0 Å². The molecule has 4 nitrogen and oxygen atoms in total. The van der Waals surface area contributed by atoms with Gasteiger partial charge in [-0.1, -0.05) is 6.07 Å². The summed E-state index contributed by atoms with van der Waals surface area (Å²) in [6.45, 7) is 2.04. The molecule has 0 aliphatic heterocycles. The minimum atomic E-state index is 0.774. The van der Waals surface area contributed by atoms with E-state index in [1.165, 1.54) is 5.56 Å². The maximum Gasteiger partial charge on any atom is 0.186 e. The lowest BCUT2D eigenvalue weighted by Gasteiger charge is -1.98. The molecule has 3 rings (SSSR count). The summed E-state index contributed by atoms with van der Waals surface area (Å²) in [5.74, 6) is 0.774. The number of pyridine rings is 2. The van der Waals surface area contributed by atoms with Gasteiger partial charge in [-0.05, 0) is 36.8 Å². The first kappa shape index (κ1) is 9.03. The summed E-state index contributed by atoms with van der Waals surface area (Å²) in [5.41, 5.74) is 2.85. The van der Waals surface area contributed by atoms with Crippen molar-refractivity contribution in [1.29, 1.82) is 0 Å². The highest BCUT2D eigenvalue weighted by Gasteiger charge is 2.07. The van der Waals surface area contributed by atoms with Crippen LogP contribution in [0.4, 0.5) is 0 Å². The molecule has 3 aromatic heterocycles. The Morgan fingerprint density at radius 3 is 2.88 bits per heavy atom. The standard InChI is InChI=1S/C12H10N4/c1-9-5-7-16-11(8-9)14-15-12(16)10-4-2-3-6-13-10/h2-8H,1H3. The second-order valence-electron chi connectivity index (χ2n) is 3.67. The highest BCUT2D eigenvalue weighted by atomic mass is 15.2. The lowest BCUT2D eigenvalue weighted by Crippen LogP contribution is -1.91. The number of aromatic nitrogens is 4. The average Bonchev–Trinajstić information content (AvgIpc) is 2.73. The Hall–Kier alpha value is -2.23. The first-order valence-electron chi connectivity index (χ1n) is 5.07. The van der Waals surface area contributed by atoms with Gasteiger partial charge in [0.25, 0.3) is 0 Å². The van der Waals surface area contributed by atoms with Crippen LogP contribution in [0.5, 0.6) is 0 Å². The van der Waals surface area contributed by atoms with Gasteiger partial charge in [-0.3, -0.25) is 9.38 Å². The van der Waals surface area contributed by atoms with E-state index in [0.29, 0.717) is 0 Å². The van der Waals surface area contributed by atoms with Crippen LogP contribution in [0, 0.1) is 6.92 Å². The molecule has 0 atom stereocenters. The molecule has 0 saturated heterocycles. The van der Waals surface area contributed by atoms with Crippen molar-refractivity contribution in [2.24, 2.45) is 0 Å². The van der Waals surface area contributed by atoms with Gasteiger partial charge < -0.3 is 0 Å². The zero-order valence-corrected chi connectivity index (χ0v) is 8.83. The molecule has 78 valence electrons. The molecule has 0 aliphatic rings. The van der Waals surface area contributed by atoms with E-state index in [4.69, 9.17) is 0 Å². The lowest BCUT2D eigenvalue weighted by molar-refractivity contribution is 1.09. The van der Waals surface area contributed by atoms with Crippen molar-refractivity contribution >= 4 is 5.65 Å². The van der Waals surface area contributed by atoms with E-state index in [2.05, 4.69) is 15.2 Å². The summed E-state index contributed by atoms with van der Waals surface area (Å²) in [7, 11) is 0. The van der Waals surface area contributed by atoms with Crippen LogP contribution in [0.25, 0.3) is 17.2 Å². The zero-order chi connectivity index (χ0) is 11.0. The molecule has 3 aromatic rings. The van der Waals surface area contributed by atoms with E-state index in [1.807, 2.05) is 47.9 Å². The van der Waals surface area contributed by atoms with Gasteiger partial charge in [-0.2, -0.15) is 0 Å². The molecule has 3 heterocycles. The van der Waals surface area contributed by atoms with Crippen LogP contribution < -0.4 is 0 Å². The fourth-order valence-corrected chi connectivity index (χ4v) is 1.66. The van der Waals surface area contributed by atoms with Gasteiger partial charge in [-0.15, -0.1) is 10.2 Å². The molecule has 0 aliphatic carbocycles. The molecule has 0 amide bonds. The predicted octanol–water partition coefficient (Wildman–Crippen LogP) is 2.10. The number of hydrogen-bond acceptors (Lipinski definition) is 3. The molecular formula is C12H10N4. The number of fused-ring (bicyclic) bond motifs is 1. The molecule has 4 heteroatoms. The topological polar surface area (TPSA) is 43.1 Å². The maximum absolute atomic E-state index is 4.27. The highest BCUT2D eigenvalue weighted by Crippen LogP contribution is 2.15. The van der Waals surface area contributed by atoms with Crippen molar-refractivity contribution in [2.75, 3.05) is 0 Å². The van der Waals surface area contributed by atoms with Gasteiger partial charge in [0, 0.05) is 12.4 Å². The Morgan fingerprint density at radius 2 is 2.06 bits per heavy atom. The van der Waals surface area contributed by atoms with Crippen molar-refractivity contribution in [3.8, 4) is 11.5 Å². The molecule has 0 bridgehead atoms. The number of hydrogen-bond donors (Lipinski definition) is 0. The van der Waals surface area contributed by atoms with Crippen LogP contribution in [0.2, 0.25) is 0 Å². The zero-order valence-electron chi connectivity index (χ0n) is 8.83. The van der Waals surface area contributed by atoms with Crippen molar-refractivity contribution in [2.45, 2.75) is 6.92 Å². The second kappa shape index (κ2) is 3.41. The van der Waals surface area contributed by atoms with Gasteiger partial charge in [-0.25, -0.2) is 0 Å². The molecule has 0 N–H and O–H groups in total. The van der Waals surface area contributed by atoms with Crippen LogP contribution in [-0.4, -0.2) is 19.6 Å². The summed E-state index contributed by atoms with van der Waals surface area (Å²) < 4.78 is 1.94.